The van der Waals surface area contributed by atoms with Crippen molar-refractivity contribution in [3.63, 3.8) is 0 Å². The van der Waals surface area contributed by atoms with Crippen molar-refractivity contribution in [2.24, 2.45) is 5.92 Å². The minimum atomic E-state index is -0.110. The molecule has 146 valence electrons. The standard InChI is InChI=1S/C22H31N3O2/c1-22(2,3)21-24-18(15-26-4)13-19(25-21)23-14-17-11-8-12-27-20(17)16-9-6-5-7-10-16/h5-7,9-10,13,17,20H,8,11-12,14-15H2,1-4H3,(H,23,24,25). The second kappa shape index (κ2) is 8.81. The van der Waals surface area contributed by atoms with E-state index >= 15 is 0 Å². The van der Waals surface area contributed by atoms with E-state index in [2.05, 4.69) is 55.3 Å². The molecule has 0 amide bonds. The third kappa shape index (κ3) is 5.27. The number of rotatable bonds is 6. The van der Waals surface area contributed by atoms with Gasteiger partial charge in [-0.3, -0.25) is 0 Å². The van der Waals surface area contributed by atoms with E-state index in [0.717, 1.165) is 43.3 Å². The number of nitrogens with one attached hydrogen (secondary N) is 1. The molecule has 2 atom stereocenters. The highest BCUT2D eigenvalue weighted by Crippen LogP contribution is 2.33. The van der Waals surface area contributed by atoms with Crippen molar-refractivity contribution in [3.8, 4) is 0 Å². The van der Waals surface area contributed by atoms with Crippen molar-refractivity contribution in [2.75, 3.05) is 25.6 Å². The van der Waals surface area contributed by atoms with E-state index in [0.29, 0.717) is 12.5 Å². The molecule has 0 saturated carbocycles. The zero-order valence-corrected chi connectivity index (χ0v) is 16.9. The van der Waals surface area contributed by atoms with Crippen molar-refractivity contribution >= 4 is 5.82 Å². The quantitative estimate of drug-likeness (QED) is 0.812. The molecule has 0 aliphatic carbocycles. The fourth-order valence-corrected chi connectivity index (χ4v) is 3.44. The van der Waals surface area contributed by atoms with E-state index in [1.807, 2.05) is 12.1 Å². The maximum absolute atomic E-state index is 6.11. The third-order valence-electron chi connectivity index (χ3n) is 4.86. The van der Waals surface area contributed by atoms with E-state index in [-0.39, 0.29) is 11.5 Å². The van der Waals surface area contributed by atoms with Crippen LogP contribution in [-0.2, 0) is 21.5 Å². The van der Waals surface area contributed by atoms with E-state index in [9.17, 15) is 0 Å². The molecule has 2 aromatic rings. The Bertz CT molecular complexity index is 728. The molecule has 0 radical (unpaired) electrons. The summed E-state index contributed by atoms with van der Waals surface area (Å²) < 4.78 is 11.4. The first kappa shape index (κ1) is 19.8. The van der Waals surface area contributed by atoms with Gasteiger partial charge >= 0.3 is 0 Å². The molecule has 2 unspecified atom stereocenters. The van der Waals surface area contributed by atoms with Gasteiger partial charge in [-0.15, -0.1) is 0 Å². The van der Waals surface area contributed by atoms with Gasteiger partial charge in [0.25, 0.3) is 0 Å². The van der Waals surface area contributed by atoms with E-state index in [4.69, 9.17) is 14.5 Å². The van der Waals surface area contributed by atoms with Gasteiger partial charge in [0.05, 0.1) is 18.4 Å². The summed E-state index contributed by atoms with van der Waals surface area (Å²) >= 11 is 0. The lowest BCUT2D eigenvalue weighted by Gasteiger charge is -2.32. The van der Waals surface area contributed by atoms with Crippen molar-refractivity contribution in [3.05, 3.63) is 53.5 Å². The molecule has 0 bridgehead atoms. The maximum Gasteiger partial charge on any atom is 0.136 e. The first-order chi connectivity index (χ1) is 13.0. The minimum absolute atomic E-state index is 0.110. The second-order valence-corrected chi connectivity index (χ2v) is 8.24. The summed E-state index contributed by atoms with van der Waals surface area (Å²) in [6.45, 7) is 8.52. The average Bonchev–Trinajstić information content (AvgIpc) is 2.67. The lowest BCUT2D eigenvalue weighted by molar-refractivity contribution is -0.0238. The molecule has 1 aromatic heterocycles. The summed E-state index contributed by atoms with van der Waals surface area (Å²) in [5.74, 6) is 2.11. The van der Waals surface area contributed by atoms with E-state index in [1.165, 1.54) is 5.56 Å². The van der Waals surface area contributed by atoms with Gasteiger partial charge in [-0.1, -0.05) is 51.1 Å². The number of aromatic nitrogens is 2. The summed E-state index contributed by atoms with van der Waals surface area (Å²) in [4.78, 5) is 9.40. The SMILES string of the molecule is COCc1cc(NCC2CCCOC2c2ccccc2)nc(C(C)(C)C)n1. The minimum Gasteiger partial charge on any atom is -0.378 e. The van der Waals surface area contributed by atoms with Crippen LogP contribution in [0.1, 0.15) is 56.8 Å². The summed E-state index contributed by atoms with van der Waals surface area (Å²) in [6, 6.07) is 12.5. The molecular formula is C22H31N3O2. The predicted molar refractivity (Wildman–Crippen MR) is 108 cm³/mol. The van der Waals surface area contributed by atoms with Crippen LogP contribution < -0.4 is 5.32 Å². The van der Waals surface area contributed by atoms with Crippen LogP contribution in [0, 0.1) is 5.92 Å². The summed E-state index contributed by atoms with van der Waals surface area (Å²) in [6.07, 6.45) is 2.38. The van der Waals surface area contributed by atoms with Gasteiger partial charge in [-0.05, 0) is 18.4 Å². The topological polar surface area (TPSA) is 56.3 Å². The van der Waals surface area contributed by atoms with Gasteiger partial charge in [0.1, 0.15) is 11.6 Å². The fourth-order valence-electron chi connectivity index (χ4n) is 3.44. The first-order valence-electron chi connectivity index (χ1n) is 9.75. The number of anilines is 1. The molecule has 1 fully saturated rings. The summed E-state index contributed by atoms with van der Waals surface area (Å²) in [5, 5.41) is 3.54. The molecule has 1 aliphatic heterocycles. The summed E-state index contributed by atoms with van der Waals surface area (Å²) in [7, 11) is 1.69. The van der Waals surface area contributed by atoms with Crippen LogP contribution in [-0.4, -0.2) is 30.2 Å². The fraction of sp³-hybridized carbons (Fsp3) is 0.545. The number of methoxy groups -OCH3 is 1. The van der Waals surface area contributed by atoms with Crippen molar-refractivity contribution in [2.45, 2.75) is 51.7 Å². The molecule has 5 heteroatoms. The van der Waals surface area contributed by atoms with Crippen LogP contribution in [0.2, 0.25) is 0 Å². The highest BCUT2D eigenvalue weighted by atomic mass is 16.5. The summed E-state index contributed by atoms with van der Waals surface area (Å²) in [5.41, 5.74) is 2.04. The Labute approximate surface area is 162 Å². The molecule has 3 rings (SSSR count). The molecule has 5 nitrogen and oxygen atoms in total. The molecule has 27 heavy (non-hydrogen) atoms. The zero-order valence-electron chi connectivity index (χ0n) is 16.9. The first-order valence-corrected chi connectivity index (χ1v) is 9.75. The van der Waals surface area contributed by atoms with Gasteiger partial charge in [-0.2, -0.15) is 0 Å². The van der Waals surface area contributed by atoms with Gasteiger partial charge in [0.2, 0.25) is 0 Å². The lowest BCUT2D eigenvalue weighted by Crippen LogP contribution is -2.29. The Balaban J connectivity index is 1.75. The Morgan fingerprint density at radius 3 is 2.67 bits per heavy atom. The van der Waals surface area contributed by atoms with Gasteiger partial charge in [-0.25, -0.2) is 9.97 Å². The Hall–Kier alpha value is -1.98. The maximum atomic E-state index is 6.11. The number of hydrogen-bond donors (Lipinski definition) is 1. The number of ether oxygens (including phenoxy) is 2. The van der Waals surface area contributed by atoms with Crippen LogP contribution >= 0.6 is 0 Å². The molecule has 1 aliphatic rings. The van der Waals surface area contributed by atoms with Gasteiger partial charge < -0.3 is 14.8 Å². The van der Waals surface area contributed by atoms with Crippen LogP contribution in [0.5, 0.6) is 0 Å². The number of benzene rings is 1. The molecule has 2 heterocycles. The van der Waals surface area contributed by atoms with Crippen LogP contribution in [0.4, 0.5) is 5.82 Å². The Kier molecular flexibility index (Phi) is 6.45. The largest absolute Gasteiger partial charge is 0.378 e. The Morgan fingerprint density at radius 1 is 1.19 bits per heavy atom. The smallest absolute Gasteiger partial charge is 0.136 e. The van der Waals surface area contributed by atoms with Crippen molar-refractivity contribution < 1.29 is 9.47 Å². The van der Waals surface area contributed by atoms with E-state index in [1.54, 1.807) is 7.11 Å². The van der Waals surface area contributed by atoms with E-state index < -0.39 is 0 Å². The second-order valence-electron chi connectivity index (χ2n) is 8.24. The van der Waals surface area contributed by atoms with Crippen LogP contribution in [0.3, 0.4) is 0 Å². The predicted octanol–water partition coefficient (Wildman–Crippen LogP) is 4.50. The molecule has 0 spiro atoms. The Morgan fingerprint density at radius 2 is 1.96 bits per heavy atom. The van der Waals surface area contributed by atoms with Gasteiger partial charge in [0, 0.05) is 37.7 Å². The van der Waals surface area contributed by atoms with Gasteiger partial charge in [0.15, 0.2) is 0 Å². The number of hydrogen-bond acceptors (Lipinski definition) is 5. The van der Waals surface area contributed by atoms with Crippen LogP contribution in [0.25, 0.3) is 0 Å². The normalized spacial score (nSPS) is 20.4. The molecule has 1 N–H and O–H groups in total. The zero-order chi connectivity index (χ0) is 19.3. The van der Waals surface area contributed by atoms with Crippen LogP contribution in [0.15, 0.2) is 36.4 Å². The van der Waals surface area contributed by atoms with Crippen molar-refractivity contribution in [1.82, 2.24) is 9.97 Å². The third-order valence-corrected chi connectivity index (χ3v) is 4.86. The monoisotopic (exact) mass is 369 g/mol. The number of nitrogens with zero attached hydrogens (tertiary/aromatic N) is 2. The highest BCUT2D eigenvalue weighted by molar-refractivity contribution is 5.37. The average molecular weight is 370 g/mol. The highest BCUT2D eigenvalue weighted by Gasteiger charge is 2.27. The molecule has 1 aromatic carbocycles. The lowest BCUT2D eigenvalue weighted by atomic mass is 9.89. The molecule has 1 saturated heterocycles. The molecular weight excluding hydrogens is 338 g/mol. The van der Waals surface area contributed by atoms with Crippen molar-refractivity contribution in [1.29, 1.82) is 0 Å².